The van der Waals surface area contributed by atoms with Gasteiger partial charge in [0, 0.05) is 71.7 Å². The van der Waals surface area contributed by atoms with Crippen LogP contribution in [0.5, 0.6) is 11.5 Å². The van der Waals surface area contributed by atoms with Gasteiger partial charge in [0.25, 0.3) is 23.6 Å². The number of benzene rings is 7. The van der Waals surface area contributed by atoms with E-state index in [1.165, 1.54) is 9.80 Å². The molecule has 0 bridgehead atoms. The number of rotatable bonds is 8. The third-order valence-electron chi connectivity index (χ3n) is 13.3. The maximum atomic E-state index is 14.0. The average molecular weight is 988 g/mol. The van der Waals surface area contributed by atoms with Gasteiger partial charge in [-0.15, -0.1) is 0 Å². The van der Waals surface area contributed by atoms with E-state index in [-0.39, 0.29) is 44.1 Å². The molecule has 344 valence electrons. The minimum Gasteiger partial charge on any atom is -0.497 e. The Bertz CT molecular complexity index is 3880. The fourth-order valence-electron chi connectivity index (χ4n) is 10.0. The monoisotopic (exact) mass is 986 g/mol. The van der Waals surface area contributed by atoms with Gasteiger partial charge in [0.2, 0.25) is 0 Å². The van der Waals surface area contributed by atoms with Crippen molar-refractivity contribution in [2.75, 3.05) is 14.2 Å². The van der Waals surface area contributed by atoms with Gasteiger partial charge in [-0.1, -0.05) is 104 Å². The lowest BCUT2D eigenvalue weighted by Gasteiger charge is -2.15. The van der Waals surface area contributed by atoms with Crippen LogP contribution in [0.15, 0.2) is 156 Å². The fraction of sp³-hybridized carbons (Fsp3) is 0.0877. The summed E-state index contributed by atoms with van der Waals surface area (Å²) in [6.07, 6.45) is 1.81. The van der Waals surface area contributed by atoms with Crippen molar-refractivity contribution < 1.29 is 28.7 Å². The Hall–Kier alpha value is -8.68. The van der Waals surface area contributed by atoms with Gasteiger partial charge in [0.1, 0.15) is 11.5 Å². The Morgan fingerprint density at radius 1 is 0.457 bits per heavy atom. The van der Waals surface area contributed by atoms with Crippen molar-refractivity contribution in [2.45, 2.75) is 20.5 Å². The highest BCUT2D eigenvalue weighted by Crippen LogP contribution is 2.46. The summed E-state index contributed by atoms with van der Waals surface area (Å²) >= 11 is 3.62. The van der Waals surface area contributed by atoms with Crippen molar-refractivity contribution in [2.24, 2.45) is 0 Å². The van der Waals surface area contributed by atoms with Crippen LogP contribution in [-0.4, -0.2) is 67.6 Å². The van der Waals surface area contributed by atoms with Gasteiger partial charge in [-0.25, -0.2) is 0 Å². The Balaban J connectivity index is 0.000000150. The minimum absolute atomic E-state index is 0. The van der Waals surface area contributed by atoms with Crippen LogP contribution in [0.25, 0.3) is 76.6 Å². The summed E-state index contributed by atoms with van der Waals surface area (Å²) in [5.41, 5.74) is 10.2. The second kappa shape index (κ2) is 17.1. The molecule has 4 amide bonds. The standard InChI is InChI=1S/C28H20BrN3O3.C28H19N3O3.CH4/c1-35-17-12-10-16(11-13-17)15-32-27(33)24(20-14-30-21-8-4-2-6-18(20)21)25(28(32)34)23-19-7-3-5-9-22(19)31-26(23)29;1-34-16-12-10-15(11-13-16)14-31-27(32)23-21-17-6-2-4-8-19(17)29-25(21)26-22(24(23)28(31)33)18-7-3-5-9-20(18)30-26;/h2-14,30-31H,15H2,1H3;2-13,29-30H,14H2,1H3;1H4. The van der Waals surface area contributed by atoms with Gasteiger partial charge >= 0.3 is 0 Å². The van der Waals surface area contributed by atoms with Crippen LogP contribution in [-0.2, 0) is 22.7 Å². The Morgan fingerprint density at radius 2 is 0.871 bits per heavy atom. The fourth-order valence-corrected chi connectivity index (χ4v) is 10.6. The first-order valence-electron chi connectivity index (χ1n) is 22.2. The highest BCUT2D eigenvalue weighted by Gasteiger charge is 2.43. The third kappa shape index (κ3) is 6.79. The predicted octanol–water partition coefficient (Wildman–Crippen LogP) is 12.3. The summed E-state index contributed by atoms with van der Waals surface area (Å²) in [7, 11) is 3.21. The molecule has 4 N–H and O–H groups in total. The molecular weight excluding hydrogens is 945 g/mol. The summed E-state index contributed by atoms with van der Waals surface area (Å²) < 4.78 is 11.1. The number of hydrogen-bond donors (Lipinski definition) is 4. The van der Waals surface area contributed by atoms with Crippen LogP contribution in [0.2, 0.25) is 0 Å². The Kier molecular flexibility index (Phi) is 10.7. The van der Waals surface area contributed by atoms with Gasteiger partial charge < -0.3 is 29.4 Å². The Labute approximate surface area is 408 Å². The van der Waals surface area contributed by atoms with Gasteiger partial charge in [0.15, 0.2) is 0 Å². The van der Waals surface area contributed by atoms with Crippen molar-refractivity contribution in [3.05, 3.63) is 190 Å². The summed E-state index contributed by atoms with van der Waals surface area (Å²) in [5.74, 6) is 0.274. The van der Waals surface area contributed by atoms with Crippen molar-refractivity contribution >= 4 is 116 Å². The van der Waals surface area contributed by atoms with Gasteiger partial charge in [-0.3, -0.25) is 29.0 Å². The van der Waals surface area contributed by atoms with Crippen molar-refractivity contribution in [1.29, 1.82) is 0 Å². The maximum absolute atomic E-state index is 14.0. The van der Waals surface area contributed by atoms with Gasteiger partial charge in [-0.05, 0) is 75.6 Å². The molecule has 0 saturated carbocycles. The lowest BCUT2D eigenvalue weighted by Crippen LogP contribution is -2.31. The van der Waals surface area contributed by atoms with Crippen LogP contribution in [0.3, 0.4) is 0 Å². The molecule has 0 atom stereocenters. The molecule has 70 heavy (non-hydrogen) atoms. The molecule has 7 aromatic carbocycles. The number of methoxy groups -OCH3 is 2. The second-order valence-corrected chi connectivity index (χ2v) is 17.8. The number of carbonyl (C=O) groups is 4. The number of carbonyl (C=O) groups excluding carboxylic acids is 4. The molecule has 0 aliphatic carbocycles. The van der Waals surface area contributed by atoms with E-state index in [1.807, 2.05) is 152 Å². The molecule has 13 heteroatoms. The van der Waals surface area contributed by atoms with Crippen LogP contribution < -0.4 is 9.47 Å². The van der Waals surface area contributed by atoms with E-state index in [0.29, 0.717) is 43.8 Å². The number of para-hydroxylation sites is 4. The van der Waals surface area contributed by atoms with Crippen molar-refractivity contribution in [3.63, 3.8) is 0 Å². The van der Waals surface area contributed by atoms with E-state index in [1.54, 1.807) is 14.2 Å². The van der Waals surface area contributed by atoms with Crippen LogP contribution in [0.4, 0.5) is 0 Å². The minimum atomic E-state index is -0.323. The number of imide groups is 2. The zero-order chi connectivity index (χ0) is 47.1. The number of amides is 4. The average Bonchev–Trinajstić information content (AvgIpc) is 4.23. The van der Waals surface area contributed by atoms with Crippen LogP contribution in [0, 0.1) is 0 Å². The Morgan fingerprint density at radius 3 is 1.37 bits per heavy atom. The summed E-state index contributed by atoms with van der Waals surface area (Å²) in [6, 6.07) is 46.2. The maximum Gasteiger partial charge on any atom is 0.262 e. The molecule has 2 aliphatic heterocycles. The first kappa shape index (κ1) is 43.9. The number of nitrogens with one attached hydrogen (secondary N) is 4. The first-order chi connectivity index (χ1) is 33.7. The summed E-state index contributed by atoms with van der Waals surface area (Å²) in [6.45, 7) is 0.362. The van der Waals surface area contributed by atoms with Crippen LogP contribution in [0.1, 0.15) is 50.4 Å². The molecule has 13 rings (SSSR count). The van der Waals surface area contributed by atoms with E-state index < -0.39 is 0 Å². The smallest absolute Gasteiger partial charge is 0.262 e. The SMILES string of the molecule is C.COc1ccc(CN2C(=O)C(c3c[nH]c4ccccc34)=C(c3c(Br)[nH]c4ccccc34)C2=O)cc1.COc1ccc(CN2C(=O)c3c(c4c5ccccc5[nH]c4c4[nH]c5ccccc5c34)C2=O)cc1. The highest BCUT2D eigenvalue weighted by molar-refractivity contribution is 9.10. The molecule has 12 nitrogen and oxygen atoms in total. The molecule has 0 spiro atoms. The third-order valence-corrected chi connectivity index (χ3v) is 13.9. The lowest BCUT2D eigenvalue weighted by atomic mass is 9.95. The molecule has 0 radical (unpaired) electrons. The number of ether oxygens (including phenoxy) is 2. The van der Waals surface area contributed by atoms with E-state index >= 15 is 0 Å². The molecule has 0 saturated heterocycles. The largest absolute Gasteiger partial charge is 0.497 e. The van der Waals surface area contributed by atoms with Crippen molar-refractivity contribution in [1.82, 2.24) is 29.7 Å². The zero-order valence-electron chi connectivity index (χ0n) is 37.1. The number of fused-ring (bicyclic) bond motifs is 12. The van der Waals surface area contributed by atoms with Gasteiger partial charge in [-0.2, -0.15) is 0 Å². The zero-order valence-corrected chi connectivity index (χ0v) is 38.7. The first-order valence-corrected chi connectivity index (χ1v) is 23.0. The predicted molar refractivity (Wildman–Crippen MR) is 279 cm³/mol. The molecular formula is C57H43BrN6O6. The number of aromatic amines is 4. The second-order valence-electron chi connectivity index (χ2n) is 17.0. The molecule has 0 fully saturated rings. The molecule has 4 aromatic heterocycles. The number of halogens is 1. The molecule has 0 unspecified atom stereocenters. The topological polar surface area (TPSA) is 156 Å². The molecule has 6 heterocycles. The number of nitrogens with zero attached hydrogens (tertiary/aromatic N) is 2. The molecule has 2 aliphatic rings. The van der Waals surface area contributed by atoms with Crippen molar-refractivity contribution in [3.8, 4) is 11.5 Å². The van der Waals surface area contributed by atoms with Crippen LogP contribution >= 0.6 is 15.9 Å². The number of hydrogen-bond acceptors (Lipinski definition) is 6. The molecule has 11 aromatic rings. The quantitative estimate of drug-likeness (QED) is 0.111. The normalized spacial score (nSPS) is 13.6. The lowest BCUT2D eigenvalue weighted by molar-refractivity contribution is -0.136. The summed E-state index contributed by atoms with van der Waals surface area (Å²) in [5, 5.41) is 5.21. The van der Waals surface area contributed by atoms with Gasteiger partial charge in [0.05, 0.1) is 65.2 Å². The number of H-pyrrole nitrogens is 4. The van der Waals surface area contributed by atoms with E-state index in [0.717, 1.165) is 82.3 Å². The van der Waals surface area contributed by atoms with E-state index in [4.69, 9.17) is 9.47 Å². The van der Waals surface area contributed by atoms with E-state index in [2.05, 4.69) is 35.9 Å². The number of aromatic nitrogens is 4. The van der Waals surface area contributed by atoms with E-state index in [9.17, 15) is 19.2 Å². The summed E-state index contributed by atoms with van der Waals surface area (Å²) in [4.78, 5) is 71.8. The highest BCUT2D eigenvalue weighted by atomic mass is 79.9.